The van der Waals surface area contributed by atoms with Crippen molar-refractivity contribution in [2.75, 3.05) is 6.54 Å². The first-order valence-electron chi connectivity index (χ1n) is 5.28. The Morgan fingerprint density at radius 2 is 1.84 bits per heavy atom. The van der Waals surface area contributed by atoms with Crippen LogP contribution in [-0.2, 0) is 9.59 Å². The van der Waals surface area contributed by atoms with Gasteiger partial charge in [-0.05, 0) is 12.8 Å². The van der Waals surface area contributed by atoms with Crippen LogP contribution in [0.1, 0.15) is 12.8 Å². The van der Waals surface area contributed by atoms with Crippen LogP contribution in [0.2, 0.25) is 0 Å². The summed E-state index contributed by atoms with van der Waals surface area (Å²) in [5, 5.41) is 9.92. The molecule has 1 rings (SSSR count). The second-order valence-electron chi connectivity index (χ2n) is 3.94. The Balaban J connectivity index is 2.58. The van der Waals surface area contributed by atoms with E-state index in [0.717, 1.165) is 0 Å². The Kier molecular flexibility index (Phi) is 4.52. The minimum atomic E-state index is -4.56. The van der Waals surface area contributed by atoms with Gasteiger partial charge in [0.1, 0.15) is 6.54 Å². The summed E-state index contributed by atoms with van der Waals surface area (Å²) in [4.78, 5) is 33.2. The van der Waals surface area contributed by atoms with E-state index in [9.17, 15) is 27.6 Å². The molecule has 0 unspecified atom stereocenters. The molecule has 0 atom stereocenters. The van der Waals surface area contributed by atoms with Crippen LogP contribution in [0.15, 0.2) is 12.2 Å². The molecular formula is C10H11F3N2O4. The first-order valence-corrected chi connectivity index (χ1v) is 5.28. The molecule has 0 aliphatic heterocycles. The largest absolute Gasteiger partial charge is 0.478 e. The third kappa shape index (κ3) is 5.89. The number of hydrogen-bond donors (Lipinski definition) is 2. The van der Waals surface area contributed by atoms with Crippen LogP contribution >= 0.6 is 0 Å². The van der Waals surface area contributed by atoms with Crippen molar-refractivity contribution >= 4 is 17.9 Å². The highest BCUT2D eigenvalue weighted by Crippen LogP contribution is 2.29. The number of carboxylic acid groups (broad SMARTS) is 1. The maximum Gasteiger partial charge on any atom is 0.406 e. The van der Waals surface area contributed by atoms with Crippen molar-refractivity contribution < 1.29 is 32.7 Å². The van der Waals surface area contributed by atoms with Gasteiger partial charge >= 0.3 is 18.2 Å². The number of nitrogens with zero attached hydrogens (tertiary/aromatic N) is 1. The molecule has 19 heavy (non-hydrogen) atoms. The van der Waals surface area contributed by atoms with Gasteiger partial charge in [0.05, 0.1) is 0 Å². The molecule has 9 heteroatoms. The van der Waals surface area contributed by atoms with E-state index < -0.39 is 36.7 Å². The normalized spacial score (nSPS) is 15.3. The van der Waals surface area contributed by atoms with E-state index >= 15 is 0 Å². The maximum atomic E-state index is 12.2. The Bertz CT molecular complexity index is 415. The SMILES string of the molecule is O=C(O)C=CC(=O)NC(=O)N(CC(F)(F)F)C1CC1. The van der Waals surface area contributed by atoms with Crippen LogP contribution in [0.25, 0.3) is 0 Å². The standard InChI is InChI=1S/C10H11F3N2O4/c11-10(12,13)5-15(6-1-2-6)9(19)14-7(16)3-4-8(17)18/h3-4,6H,1-2,5H2,(H,17,18)(H,14,16,19). The molecule has 0 spiro atoms. The van der Waals surface area contributed by atoms with Crippen molar-refractivity contribution in [2.45, 2.75) is 25.1 Å². The summed E-state index contributed by atoms with van der Waals surface area (Å²) in [5.74, 6) is -2.49. The zero-order chi connectivity index (χ0) is 14.6. The molecule has 0 heterocycles. The number of carbonyl (C=O) groups excluding carboxylic acids is 2. The van der Waals surface area contributed by atoms with Gasteiger partial charge in [-0.3, -0.25) is 10.1 Å². The predicted molar refractivity (Wildman–Crippen MR) is 56.1 cm³/mol. The monoisotopic (exact) mass is 280 g/mol. The second-order valence-corrected chi connectivity index (χ2v) is 3.94. The van der Waals surface area contributed by atoms with Crippen LogP contribution in [-0.4, -0.2) is 46.7 Å². The average Bonchev–Trinajstić information content (AvgIpc) is 3.05. The van der Waals surface area contributed by atoms with Gasteiger partial charge in [0.2, 0.25) is 0 Å². The highest BCUT2D eigenvalue weighted by molar-refractivity contribution is 6.02. The molecule has 0 bridgehead atoms. The summed E-state index contributed by atoms with van der Waals surface area (Å²) in [7, 11) is 0. The number of amides is 3. The van der Waals surface area contributed by atoms with E-state index in [4.69, 9.17) is 5.11 Å². The number of aliphatic carboxylic acids is 1. The molecule has 1 fully saturated rings. The smallest absolute Gasteiger partial charge is 0.406 e. The van der Waals surface area contributed by atoms with Crippen molar-refractivity contribution in [2.24, 2.45) is 0 Å². The second kappa shape index (κ2) is 5.72. The van der Waals surface area contributed by atoms with E-state index in [1.165, 1.54) is 0 Å². The third-order valence-electron chi connectivity index (χ3n) is 2.21. The molecule has 2 N–H and O–H groups in total. The fourth-order valence-corrected chi connectivity index (χ4v) is 1.31. The molecular weight excluding hydrogens is 269 g/mol. The third-order valence-corrected chi connectivity index (χ3v) is 2.21. The van der Waals surface area contributed by atoms with E-state index in [1.54, 1.807) is 5.32 Å². The quantitative estimate of drug-likeness (QED) is 0.749. The molecule has 1 aliphatic carbocycles. The number of urea groups is 1. The lowest BCUT2D eigenvalue weighted by Gasteiger charge is -2.23. The Morgan fingerprint density at radius 1 is 1.26 bits per heavy atom. The average molecular weight is 280 g/mol. The zero-order valence-electron chi connectivity index (χ0n) is 9.61. The number of nitrogens with one attached hydrogen (secondary N) is 1. The van der Waals surface area contributed by atoms with Crippen LogP contribution < -0.4 is 5.32 Å². The number of carbonyl (C=O) groups is 3. The predicted octanol–water partition coefficient (Wildman–Crippen LogP) is 0.890. The number of carboxylic acids is 1. The fraction of sp³-hybridized carbons (Fsp3) is 0.500. The Morgan fingerprint density at radius 3 is 2.26 bits per heavy atom. The number of imide groups is 1. The van der Waals surface area contributed by atoms with Crippen LogP contribution in [0.5, 0.6) is 0 Å². The molecule has 0 saturated heterocycles. The Labute approximate surface area is 105 Å². The minimum absolute atomic E-state index is 0.447. The van der Waals surface area contributed by atoms with Crippen molar-refractivity contribution in [1.82, 2.24) is 10.2 Å². The molecule has 1 saturated carbocycles. The highest BCUT2D eigenvalue weighted by atomic mass is 19.4. The van der Waals surface area contributed by atoms with Crippen LogP contribution in [0.3, 0.4) is 0 Å². The summed E-state index contributed by atoms with van der Waals surface area (Å²) in [5.41, 5.74) is 0. The van der Waals surface area contributed by atoms with Gasteiger partial charge in [0, 0.05) is 18.2 Å². The van der Waals surface area contributed by atoms with Crippen molar-refractivity contribution in [1.29, 1.82) is 0 Å². The topological polar surface area (TPSA) is 86.7 Å². The summed E-state index contributed by atoms with van der Waals surface area (Å²) in [6.07, 6.45) is -2.63. The van der Waals surface area contributed by atoms with Gasteiger partial charge in [-0.2, -0.15) is 13.2 Å². The molecule has 0 aromatic rings. The van der Waals surface area contributed by atoms with E-state index in [2.05, 4.69) is 0 Å². The van der Waals surface area contributed by atoms with E-state index in [0.29, 0.717) is 29.9 Å². The van der Waals surface area contributed by atoms with Gasteiger partial charge < -0.3 is 10.0 Å². The van der Waals surface area contributed by atoms with Crippen molar-refractivity contribution in [3.63, 3.8) is 0 Å². The highest BCUT2D eigenvalue weighted by Gasteiger charge is 2.40. The lowest BCUT2D eigenvalue weighted by Crippen LogP contribution is -2.47. The van der Waals surface area contributed by atoms with Crippen LogP contribution in [0.4, 0.5) is 18.0 Å². The maximum absolute atomic E-state index is 12.2. The molecule has 0 aromatic heterocycles. The van der Waals surface area contributed by atoms with Gasteiger partial charge in [0.15, 0.2) is 0 Å². The molecule has 0 radical (unpaired) electrons. The van der Waals surface area contributed by atoms with E-state index in [1.807, 2.05) is 0 Å². The van der Waals surface area contributed by atoms with E-state index in [-0.39, 0.29) is 0 Å². The summed E-state index contributed by atoms with van der Waals surface area (Å²) in [6, 6.07) is -1.71. The Hall–Kier alpha value is -2.06. The molecule has 1 aliphatic rings. The number of halogens is 3. The van der Waals surface area contributed by atoms with Gasteiger partial charge in [0.25, 0.3) is 5.91 Å². The number of rotatable bonds is 4. The number of hydrogen-bond acceptors (Lipinski definition) is 3. The minimum Gasteiger partial charge on any atom is -0.478 e. The molecule has 6 nitrogen and oxygen atoms in total. The summed E-state index contributed by atoms with van der Waals surface area (Å²) in [6.45, 7) is -1.45. The van der Waals surface area contributed by atoms with Gasteiger partial charge in [-0.25, -0.2) is 9.59 Å². The fourth-order valence-electron chi connectivity index (χ4n) is 1.31. The summed E-state index contributed by atoms with van der Waals surface area (Å²) < 4.78 is 36.7. The molecule has 0 aromatic carbocycles. The van der Waals surface area contributed by atoms with Crippen molar-refractivity contribution in [3.05, 3.63) is 12.2 Å². The zero-order valence-corrected chi connectivity index (χ0v) is 9.61. The van der Waals surface area contributed by atoms with Gasteiger partial charge in [-0.1, -0.05) is 0 Å². The lowest BCUT2D eigenvalue weighted by molar-refractivity contribution is -0.141. The van der Waals surface area contributed by atoms with Gasteiger partial charge in [-0.15, -0.1) is 0 Å². The number of alkyl halides is 3. The molecule has 106 valence electrons. The van der Waals surface area contributed by atoms with Crippen LogP contribution in [0, 0.1) is 0 Å². The first kappa shape index (κ1) is 15.0. The summed E-state index contributed by atoms with van der Waals surface area (Å²) >= 11 is 0. The lowest BCUT2D eigenvalue weighted by atomic mass is 10.4. The molecule has 3 amide bonds. The van der Waals surface area contributed by atoms with Crippen molar-refractivity contribution in [3.8, 4) is 0 Å². The first-order chi connectivity index (χ1) is 8.69.